The predicted molar refractivity (Wildman–Crippen MR) is 96.3 cm³/mol. The maximum atomic E-state index is 2.35. The molecule has 1 aromatic rings. The van der Waals surface area contributed by atoms with Gasteiger partial charge in [0.05, 0.1) is 0 Å². The van der Waals surface area contributed by atoms with E-state index in [2.05, 4.69) is 52.0 Å². The zero-order valence-electron chi connectivity index (χ0n) is 12.7. The van der Waals surface area contributed by atoms with Gasteiger partial charge in [-0.15, -0.1) is 0 Å². The molecular weight excluding hydrogens is 230 g/mol. The Morgan fingerprint density at radius 2 is 1.00 bits per heavy atom. The maximum absolute atomic E-state index is 2.35. The van der Waals surface area contributed by atoms with Crippen molar-refractivity contribution in [1.29, 1.82) is 0 Å². The molecular formula is C18H32Li2. The molecule has 0 saturated carbocycles. The second kappa shape index (κ2) is 13.1. The molecule has 106 valence electrons. The zero-order chi connectivity index (χ0) is 13.4. The Kier molecular flexibility index (Phi) is 14.9. The summed E-state index contributed by atoms with van der Waals surface area (Å²) in [6.45, 7) is 9.26. The van der Waals surface area contributed by atoms with Gasteiger partial charge in [0.2, 0.25) is 0 Å². The predicted octanol–water partition coefficient (Wildman–Crippen LogP) is 4.35. The van der Waals surface area contributed by atoms with Crippen molar-refractivity contribution in [3.05, 3.63) is 35.4 Å². The molecule has 2 heteroatoms. The van der Waals surface area contributed by atoms with Crippen LogP contribution in [-0.2, 0) is 12.8 Å². The first-order valence-corrected chi connectivity index (χ1v) is 7.73. The van der Waals surface area contributed by atoms with Crippen molar-refractivity contribution in [3.8, 4) is 0 Å². The van der Waals surface area contributed by atoms with Crippen LogP contribution in [0.2, 0.25) is 0 Å². The summed E-state index contributed by atoms with van der Waals surface area (Å²) in [6.07, 6.45) is 7.71. The molecule has 0 bridgehead atoms. The Hall–Kier alpha value is 0.415. The molecule has 0 saturated heterocycles. The summed E-state index contributed by atoms with van der Waals surface area (Å²) in [5.41, 5.74) is 3.00. The first kappa shape index (κ1) is 22.7. The number of hydrogen-bond acceptors (Lipinski definition) is 0. The van der Waals surface area contributed by atoms with Crippen LogP contribution < -0.4 is 0 Å². The van der Waals surface area contributed by atoms with Crippen LogP contribution in [0.15, 0.2) is 24.3 Å². The van der Waals surface area contributed by atoms with Gasteiger partial charge < -0.3 is 0 Å². The zero-order valence-corrected chi connectivity index (χ0v) is 12.7. The molecule has 2 unspecified atom stereocenters. The van der Waals surface area contributed by atoms with Crippen LogP contribution in [0.3, 0.4) is 0 Å². The third-order valence-corrected chi connectivity index (χ3v) is 4.27. The van der Waals surface area contributed by atoms with Gasteiger partial charge in [-0.05, 0) is 48.6 Å². The van der Waals surface area contributed by atoms with Crippen molar-refractivity contribution >= 4 is 37.7 Å². The summed E-state index contributed by atoms with van der Waals surface area (Å²) in [7, 11) is 0. The van der Waals surface area contributed by atoms with Crippen molar-refractivity contribution in [1.82, 2.24) is 0 Å². The summed E-state index contributed by atoms with van der Waals surface area (Å²) in [5, 5.41) is 0. The fraction of sp³-hybridized carbons (Fsp3) is 0.667. The standard InChI is InChI=1S/C18H30.2Li.2H/c1-5-15(3)7-9-17-11-13-18(14-12-17)10-8-16(4)6-2;;;;/h11-16H,5-10H2,1-4H3;;;;. The van der Waals surface area contributed by atoms with Gasteiger partial charge in [-0.2, -0.15) is 0 Å². The Bertz CT molecular complexity index is 286. The molecule has 0 aliphatic rings. The molecule has 0 heterocycles. The molecule has 1 aromatic carbocycles. The van der Waals surface area contributed by atoms with E-state index >= 15 is 0 Å². The van der Waals surface area contributed by atoms with Crippen LogP contribution in [0.1, 0.15) is 64.5 Å². The van der Waals surface area contributed by atoms with Crippen molar-refractivity contribution in [2.75, 3.05) is 0 Å². The molecule has 2 atom stereocenters. The second-order valence-corrected chi connectivity index (χ2v) is 5.92. The van der Waals surface area contributed by atoms with E-state index < -0.39 is 0 Å². The quantitative estimate of drug-likeness (QED) is 0.611. The summed E-state index contributed by atoms with van der Waals surface area (Å²) >= 11 is 0. The average molecular weight is 262 g/mol. The van der Waals surface area contributed by atoms with Crippen LogP contribution >= 0.6 is 0 Å². The van der Waals surface area contributed by atoms with E-state index in [9.17, 15) is 0 Å². The van der Waals surface area contributed by atoms with Crippen LogP contribution in [0.4, 0.5) is 0 Å². The van der Waals surface area contributed by atoms with Crippen LogP contribution in [0.25, 0.3) is 0 Å². The van der Waals surface area contributed by atoms with E-state index in [0.29, 0.717) is 0 Å². The number of aryl methyl sites for hydroxylation is 2. The van der Waals surface area contributed by atoms with E-state index in [4.69, 9.17) is 0 Å². The van der Waals surface area contributed by atoms with E-state index in [1.807, 2.05) is 0 Å². The van der Waals surface area contributed by atoms with Gasteiger partial charge in [0, 0.05) is 0 Å². The molecule has 1 rings (SSSR count). The third-order valence-electron chi connectivity index (χ3n) is 4.27. The minimum atomic E-state index is 0. The molecule has 0 radical (unpaired) electrons. The first-order valence-electron chi connectivity index (χ1n) is 7.73. The van der Waals surface area contributed by atoms with E-state index in [1.54, 1.807) is 0 Å². The Morgan fingerprint density at radius 1 is 0.700 bits per heavy atom. The van der Waals surface area contributed by atoms with Crippen LogP contribution in [-0.4, -0.2) is 37.7 Å². The topological polar surface area (TPSA) is 0 Å². The summed E-state index contributed by atoms with van der Waals surface area (Å²) in [4.78, 5) is 0. The summed E-state index contributed by atoms with van der Waals surface area (Å²) in [5.74, 6) is 1.71. The van der Waals surface area contributed by atoms with E-state index in [1.165, 1.54) is 49.7 Å². The van der Waals surface area contributed by atoms with E-state index in [0.717, 1.165) is 11.8 Å². The summed E-state index contributed by atoms with van der Waals surface area (Å²) in [6, 6.07) is 9.31. The Labute approximate surface area is 150 Å². The van der Waals surface area contributed by atoms with Crippen molar-refractivity contribution in [2.45, 2.75) is 66.2 Å². The molecule has 20 heavy (non-hydrogen) atoms. The van der Waals surface area contributed by atoms with Crippen molar-refractivity contribution < 1.29 is 0 Å². The number of benzene rings is 1. The summed E-state index contributed by atoms with van der Waals surface area (Å²) < 4.78 is 0. The molecule has 0 spiro atoms. The van der Waals surface area contributed by atoms with Gasteiger partial charge in [-0.1, -0.05) is 64.8 Å². The Balaban J connectivity index is 0. The second-order valence-electron chi connectivity index (χ2n) is 5.92. The van der Waals surface area contributed by atoms with Gasteiger partial charge in [-0.25, -0.2) is 0 Å². The molecule has 0 aromatic heterocycles. The van der Waals surface area contributed by atoms with E-state index in [-0.39, 0.29) is 37.7 Å². The molecule has 0 N–H and O–H groups in total. The SMILES string of the molecule is CCC(C)CCc1ccc(CCC(C)CC)cc1.[LiH].[LiH]. The van der Waals surface area contributed by atoms with Gasteiger partial charge in [-0.3, -0.25) is 0 Å². The molecule has 0 fully saturated rings. The molecule has 0 aliphatic heterocycles. The van der Waals surface area contributed by atoms with Gasteiger partial charge >= 0.3 is 37.7 Å². The minimum absolute atomic E-state index is 0. The average Bonchev–Trinajstić information content (AvgIpc) is 2.43. The first-order chi connectivity index (χ1) is 8.65. The molecule has 0 aliphatic carbocycles. The van der Waals surface area contributed by atoms with Crippen LogP contribution in [0, 0.1) is 11.8 Å². The Morgan fingerprint density at radius 3 is 1.25 bits per heavy atom. The van der Waals surface area contributed by atoms with Crippen molar-refractivity contribution in [2.24, 2.45) is 11.8 Å². The van der Waals surface area contributed by atoms with Crippen molar-refractivity contribution in [3.63, 3.8) is 0 Å². The van der Waals surface area contributed by atoms with Crippen LogP contribution in [0.5, 0.6) is 0 Å². The fourth-order valence-electron chi connectivity index (χ4n) is 2.11. The normalized spacial score (nSPS) is 13.0. The third kappa shape index (κ3) is 9.37. The monoisotopic (exact) mass is 262 g/mol. The molecule has 0 nitrogen and oxygen atoms in total. The number of hydrogen-bond donors (Lipinski definition) is 0. The van der Waals surface area contributed by atoms with Gasteiger partial charge in [0.15, 0.2) is 0 Å². The van der Waals surface area contributed by atoms with Gasteiger partial charge in [0.1, 0.15) is 0 Å². The fourth-order valence-corrected chi connectivity index (χ4v) is 2.11. The number of rotatable bonds is 8. The molecule has 0 amide bonds. The van der Waals surface area contributed by atoms with Gasteiger partial charge in [0.25, 0.3) is 0 Å².